The maximum Gasteiger partial charge on any atom is 0.132 e. The van der Waals surface area contributed by atoms with Crippen molar-refractivity contribution >= 4 is 34.2 Å². The molecule has 0 amide bonds. The summed E-state index contributed by atoms with van der Waals surface area (Å²) in [5.74, 6) is 0. The number of aryl methyl sites for hydroxylation is 1. The topological polar surface area (TPSA) is 49.6 Å². The van der Waals surface area contributed by atoms with Gasteiger partial charge in [0.2, 0.25) is 0 Å². The molecule has 0 atom stereocenters. The van der Waals surface area contributed by atoms with E-state index in [0.717, 1.165) is 5.56 Å². The first-order chi connectivity index (χ1) is 7.13. The molecule has 0 radical (unpaired) electrons. The summed E-state index contributed by atoms with van der Waals surface area (Å²) in [6.07, 6.45) is 1.43. The average molecular weight is 238 g/mol. The van der Waals surface area contributed by atoms with Crippen LogP contribution in [0.15, 0.2) is 12.3 Å². The summed E-state index contributed by atoms with van der Waals surface area (Å²) in [4.78, 5) is 8.19. The van der Waals surface area contributed by atoms with Gasteiger partial charge in [0.05, 0.1) is 16.1 Å². The standard InChI is InChI=1S/C10H5Cl2N3/c1-5-2-7-9(15-10(5)12)8(11)6(3-13)4-14-7/h2,4H,1H3. The summed E-state index contributed by atoms with van der Waals surface area (Å²) in [6, 6.07) is 3.73. The second-order valence-corrected chi connectivity index (χ2v) is 3.80. The summed E-state index contributed by atoms with van der Waals surface area (Å²) in [5.41, 5.74) is 2.24. The number of pyridine rings is 2. The third kappa shape index (κ3) is 1.63. The molecule has 0 spiro atoms. The van der Waals surface area contributed by atoms with E-state index in [1.54, 1.807) is 6.07 Å². The predicted molar refractivity (Wildman–Crippen MR) is 59.0 cm³/mol. The lowest BCUT2D eigenvalue weighted by Gasteiger charge is -2.03. The Bertz CT molecular complexity index is 587. The Morgan fingerprint density at radius 1 is 1.40 bits per heavy atom. The molecule has 15 heavy (non-hydrogen) atoms. The lowest BCUT2D eigenvalue weighted by atomic mass is 10.2. The number of nitrogens with zero attached hydrogens (tertiary/aromatic N) is 3. The van der Waals surface area contributed by atoms with Crippen molar-refractivity contribution in [2.75, 3.05) is 0 Å². The second kappa shape index (κ2) is 3.65. The fourth-order valence-electron chi connectivity index (χ4n) is 1.23. The lowest BCUT2D eigenvalue weighted by Crippen LogP contribution is -1.90. The molecule has 0 fully saturated rings. The highest BCUT2D eigenvalue weighted by atomic mass is 35.5. The maximum absolute atomic E-state index is 8.77. The van der Waals surface area contributed by atoms with Gasteiger partial charge in [0.1, 0.15) is 16.7 Å². The molecule has 3 nitrogen and oxygen atoms in total. The fourth-order valence-corrected chi connectivity index (χ4v) is 1.60. The van der Waals surface area contributed by atoms with Crippen molar-refractivity contribution in [3.63, 3.8) is 0 Å². The fraction of sp³-hybridized carbons (Fsp3) is 0.100. The number of rotatable bonds is 0. The minimum Gasteiger partial charge on any atom is -0.253 e. The first-order valence-electron chi connectivity index (χ1n) is 4.15. The zero-order valence-corrected chi connectivity index (χ0v) is 9.26. The molecule has 0 aromatic carbocycles. The van der Waals surface area contributed by atoms with Gasteiger partial charge in [-0.15, -0.1) is 0 Å². The predicted octanol–water partition coefficient (Wildman–Crippen LogP) is 3.12. The first kappa shape index (κ1) is 10.2. The molecular weight excluding hydrogens is 233 g/mol. The number of aromatic nitrogens is 2. The summed E-state index contributed by atoms with van der Waals surface area (Å²) < 4.78 is 0. The van der Waals surface area contributed by atoms with Crippen LogP contribution in [0.5, 0.6) is 0 Å². The second-order valence-electron chi connectivity index (χ2n) is 3.06. The average Bonchev–Trinajstić information content (AvgIpc) is 2.22. The van der Waals surface area contributed by atoms with Crippen LogP contribution in [0.4, 0.5) is 0 Å². The van der Waals surface area contributed by atoms with Crippen LogP contribution in [0.3, 0.4) is 0 Å². The van der Waals surface area contributed by atoms with Gasteiger partial charge in [-0.05, 0) is 18.6 Å². The summed E-state index contributed by atoms with van der Waals surface area (Å²) in [5, 5.41) is 9.44. The van der Waals surface area contributed by atoms with E-state index in [1.807, 2.05) is 13.0 Å². The van der Waals surface area contributed by atoms with Gasteiger partial charge in [-0.2, -0.15) is 5.26 Å². The van der Waals surface area contributed by atoms with E-state index in [-0.39, 0.29) is 0 Å². The Morgan fingerprint density at radius 3 is 2.80 bits per heavy atom. The van der Waals surface area contributed by atoms with Gasteiger partial charge in [0.25, 0.3) is 0 Å². The third-order valence-corrected chi connectivity index (χ3v) is 2.79. The van der Waals surface area contributed by atoms with E-state index in [2.05, 4.69) is 9.97 Å². The Morgan fingerprint density at radius 2 is 2.13 bits per heavy atom. The van der Waals surface area contributed by atoms with Crippen molar-refractivity contribution in [2.45, 2.75) is 6.92 Å². The number of nitriles is 1. The smallest absolute Gasteiger partial charge is 0.132 e. The van der Waals surface area contributed by atoms with Gasteiger partial charge in [-0.1, -0.05) is 23.2 Å². The van der Waals surface area contributed by atoms with E-state index in [9.17, 15) is 0 Å². The van der Waals surface area contributed by atoms with Crippen LogP contribution in [-0.2, 0) is 0 Å². The van der Waals surface area contributed by atoms with Crippen molar-refractivity contribution in [3.05, 3.63) is 33.6 Å². The van der Waals surface area contributed by atoms with Crippen LogP contribution in [-0.4, -0.2) is 9.97 Å². The molecular formula is C10H5Cl2N3. The molecule has 0 saturated carbocycles. The Balaban J connectivity index is 2.89. The summed E-state index contributed by atoms with van der Waals surface area (Å²) in [7, 11) is 0. The van der Waals surface area contributed by atoms with E-state index in [0.29, 0.717) is 26.8 Å². The number of halogens is 2. The normalized spacial score (nSPS) is 10.3. The van der Waals surface area contributed by atoms with Crippen molar-refractivity contribution in [3.8, 4) is 6.07 Å². The van der Waals surface area contributed by atoms with Crippen LogP contribution in [0.1, 0.15) is 11.1 Å². The molecule has 0 aliphatic rings. The summed E-state index contributed by atoms with van der Waals surface area (Å²) >= 11 is 11.9. The van der Waals surface area contributed by atoms with Crippen LogP contribution >= 0.6 is 23.2 Å². The van der Waals surface area contributed by atoms with E-state index >= 15 is 0 Å². The quantitative estimate of drug-likeness (QED) is 0.662. The monoisotopic (exact) mass is 237 g/mol. The SMILES string of the molecule is Cc1cc2ncc(C#N)c(Cl)c2nc1Cl. The molecule has 2 aromatic heterocycles. The molecule has 0 aliphatic heterocycles. The highest BCUT2D eigenvalue weighted by Crippen LogP contribution is 2.26. The van der Waals surface area contributed by atoms with Crippen LogP contribution < -0.4 is 0 Å². The van der Waals surface area contributed by atoms with E-state index in [1.165, 1.54) is 6.20 Å². The van der Waals surface area contributed by atoms with E-state index < -0.39 is 0 Å². The minimum atomic E-state index is 0.296. The van der Waals surface area contributed by atoms with Gasteiger partial charge in [0, 0.05) is 6.20 Å². The van der Waals surface area contributed by atoms with Crippen LogP contribution in [0.25, 0.3) is 11.0 Å². The minimum absolute atomic E-state index is 0.296. The highest BCUT2D eigenvalue weighted by molar-refractivity contribution is 6.36. The molecule has 2 heterocycles. The van der Waals surface area contributed by atoms with Gasteiger partial charge >= 0.3 is 0 Å². The van der Waals surface area contributed by atoms with Gasteiger partial charge in [-0.3, -0.25) is 4.98 Å². The molecule has 5 heteroatoms. The summed E-state index contributed by atoms with van der Waals surface area (Å²) in [6.45, 7) is 1.84. The van der Waals surface area contributed by atoms with Crippen molar-refractivity contribution in [2.24, 2.45) is 0 Å². The van der Waals surface area contributed by atoms with Crippen LogP contribution in [0, 0.1) is 18.3 Å². The van der Waals surface area contributed by atoms with Crippen molar-refractivity contribution < 1.29 is 0 Å². The molecule has 0 aliphatic carbocycles. The van der Waals surface area contributed by atoms with E-state index in [4.69, 9.17) is 28.5 Å². The van der Waals surface area contributed by atoms with Gasteiger partial charge < -0.3 is 0 Å². The molecule has 0 N–H and O–H groups in total. The molecule has 2 rings (SSSR count). The maximum atomic E-state index is 8.77. The van der Waals surface area contributed by atoms with Gasteiger partial charge in [0.15, 0.2) is 0 Å². The Labute approximate surface area is 96.3 Å². The van der Waals surface area contributed by atoms with Crippen molar-refractivity contribution in [1.29, 1.82) is 5.26 Å². The highest BCUT2D eigenvalue weighted by Gasteiger charge is 2.09. The Kier molecular flexibility index (Phi) is 2.47. The third-order valence-electron chi connectivity index (χ3n) is 2.03. The zero-order valence-electron chi connectivity index (χ0n) is 7.75. The molecule has 0 saturated heterocycles. The first-order valence-corrected chi connectivity index (χ1v) is 4.90. The molecule has 74 valence electrons. The molecule has 2 aromatic rings. The van der Waals surface area contributed by atoms with Gasteiger partial charge in [-0.25, -0.2) is 4.98 Å². The molecule has 0 bridgehead atoms. The number of hydrogen-bond acceptors (Lipinski definition) is 3. The molecule has 0 unspecified atom stereocenters. The lowest BCUT2D eigenvalue weighted by molar-refractivity contribution is 1.28. The van der Waals surface area contributed by atoms with Crippen LogP contribution in [0.2, 0.25) is 10.2 Å². The zero-order chi connectivity index (χ0) is 11.0. The van der Waals surface area contributed by atoms with Crippen molar-refractivity contribution in [1.82, 2.24) is 9.97 Å². The number of fused-ring (bicyclic) bond motifs is 1. The largest absolute Gasteiger partial charge is 0.253 e. The number of hydrogen-bond donors (Lipinski definition) is 0. The Hall–Kier alpha value is -1.37.